The maximum Gasteiger partial charge on any atom is 0.287 e. The van der Waals surface area contributed by atoms with Crippen molar-refractivity contribution in [1.29, 1.82) is 0 Å². The van der Waals surface area contributed by atoms with E-state index < -0.39 is 36.6 Å². The average Bonchev–Trinajstić information content (AvgIpc) is 3.37. The molecule has 1 unspecified atom stereocenters. The van der Waals surface area contributed by atoms with Crippen molar-refractivity contribution in [2.75, 3.05) is 0 Å². The number of hydrogen-bond acceptors (Lipinski definition) is 4. The predicted octanol–water partition coefficient (Wildman–Crippen LogP) is 4.18. The number of benzene rings is 2. The summed E-state index contributed by atoms with van der Waals surface area (Å²) in [6.45, 7) is 0.228. The van der Waals surface area contributed by atoms with E-state index in [2.05, 4.69) is 5.10 Å². The maximum atomic E-state index is 13.3. The van der Waals surface area contributed by atoms with Crippen LogP contribution in [0.3, 0.4) is 0 Å². The number of alkyl halides is 4. The van der Waals surface area contributed by atoms with E-state index in [1.165, 1.54) is 23.3 Å². The summed E-state index contributed by atoms with van der Waals surface area (Å²) in [5, 5.41) is 13.4. The molecule has 0 bridgehead atoms. The van der Waals surface area contributed by atoms with E-state index in [9.17, 15) is 27.5 Å². The van der Waals surface area contributed by atoms with Gasteiger partial charge < -0.3 is 9.84 Å². The van der Waals surface area contributed by atoms with Gasteiger partial charge in [0.1, 0.15) is 18.1 Å². The fraction of sp³-hybridized carbons (Fsp3) is 0.364. The lowest BCUT2D eigenvalue weighted by Crippen LogP contribution is -2.51. The van der Waals surface area contributed by atoms with Crippen molar-refractivity contribution in [3.8, 4) is 5.75 Å². The molecule has 0 spiro atoms. The third-order valence-corrected chi connectivity index (χ3v) is 5.51. The molecule has 31 heavy (non-hydrogen) atoms. The second-order valence-corrected chi connectivity index (χ2v) is 7.63. The van der Waals surface area contributed by atoms with Gasteiger partial charge in [0.05, 0.1) is 0 Å². The van der Waals surface area contributed by atoms with Gasteiger partial charge in [-0.2, -0.15) is 10.1 Å². The normalized spacial score (nSPS) is 20.4. The molecule has 1 heterocycles. The first-order chi connectivity index (χ1) is 14.8. The number of aliphatic hydroxyl groups is 1. The number of aryl methyl sites for hydroxylation is 2. The molecule has 1 amide bonds. The molecule has 4 rings (SSSR count). The summed E-state index contributed by atoms with van der Waals surface area (Å²) in [7, 11) is 0. The van der Waals surface area contributed by atoms with Gasteiger partial charge in [0.2, 0.25) is 5.72 Å². The monoisotopic (exact) mass is 436 g/mol. The number of fused-ring (bicyclic) bond motifs is 1. The van der Waals surface area contributed by atoms with Gasteiger partial charge in [-0.15, -0.1) is 0 Å². The van der Waals surface area contributed by atoms with Gasteiger partial charge in [-0.05, 0) is 60.2 Å². The number of amides is 1. The SMILES string of the molecule is O=C(c1ccc(COc2ccc3c(c2)CCC3)cc1)N1N=C(C(F)F)CC1(O)C(F)F. The van der Waals surface area contributed by atoms with E-state index in [0.717, 1.165) is 30.6 Å². The molecule has 0 radical (unpaired) electrons. The van der Waals surface area contributed by atoms with Crippen LogP contribution in [-0.2, 0) is 19.4 Å². The number of carbonyl (C=O) groups excluding carboxylic acids is 1. The zero-order valence-corrected chi connectivity index (χ0v) is 16.4. The fourth-order valence-electron chi connectivity index (χ4n) is 3.77. The highest BCUT2D eigenvalue weighted by Gasteiger charge is 2.53. The smallest absolute Gasteiger partial charge is 0.287 e. The molecule has 1 aliphatic carbocycles. The molecule has 164 valence electrons. The lowest BCUT2D eigenvalue weighted by Gasteiger charge is -2.30. The van der Waals surface area contributed by atoms with Crippen LogP contribution in [0.4, 0.5) is 17.6 Å². The number of halogens is 4. The highest BCUT2D eigenvalue weighted by atomic mass is 19.3. The summed E-state index contributed by atoms with van der Waals surface area (Å²) in [4.78, 5) is 12.6. The molecule has 1 atom stereocenters. The lowest BCUT2D eigenvalue weighted by atomic mass is 10.1. The van der Waals surface area contributed by atoms with Crippen LogP contribution in [0.1, 0.15) is 39.9 Å². The van der Waals surface area contributed by atoms with Crippen LogP contribution in [0.25, 0.3) is 0 Å². The molecule has 2 aliphatic rings. The van der Waals surface area contributed by atoms with Gasteiger partial charge >= 0.3 is 0 Å². The predicted molar refractivity (Wildman–Crippen MR) is 104 cm³/mol. The summed E-state index contributed by atoms with van der Waals surface area (Å²) in [6, 6.07) is 11.8. The largest absolute Gasteiger partial charge is 0.489 e. The van der Waals surface area contributed by atoms with E-state index in [4.69, 9.17) is 4.74 Å². The van der Waals surface area contributed by atoms with Gasteiger partial charge in [0.25, 0.3) is 18.8 Å². The average molecular weight is 436 g/mol. The van der Waals surface area contributed by atoms with Crippen molar-refractivity contribution in [2.24, 2.45) is 5.10 Å². The van der Waals surface area contributed by atoms with Gasteiger partial charge in [-0.1, -0.05) is 18.2 Å². The first-order valence-electron chi connectivity index (χ1n) is 9.82. The molecule has 2 aromatic carbocycles. The molecule has 1 N–H and O–H groups in total. The van der Waals surface area contributed by atoms with E-state index in [0.29, 0.717) is 0 Å². The van der Waals surface area contributed by atoms with Crippen molar-refractivity contribution < 1.29 is 32.2 Å². The Balaban J connectivity index is 1.45. The van der Waals surface area contributed by atoms with Crippen LogP contribution in [0, 0.1) is 0 Å². The highest BCUT2D eigenvalue weighted by Crippen LogP contribution is 2.34. The quantitative estimate of drug-likeness (QED) is 0.692. The molecular weight excluding hydrogens is 416 g/mol. The van der Waals surface area contributed by atoms with Crippen LogP contribution in [0.15, 0.2) is 47.6 Å². The molecule has 0 fully saturated rings. The summed E-state index contributed by atoms with van der Waals surface area (Å²) in [6.07, 6.45) is -4.49. The Morgan fingerprint density at radius 3 is 2.48 bits per heavy atom. The Kier molecular flexibility index (Phi) is 5.70. The molecule has 9 heteroatoms. The summed E-state index contributed by atoms with van der Waals surface area (Å²) in [5.74, 6) is -0.363. The number of carbonyl (C=O) groups is 1. The molecule has 5 nitrogen and oxygen atoms in total. The van der Waals surface area contributed by atoms with Crippen molar-refractivity contribution >= 4 is 11.6 Å². The van der Waals surface area contributed by atoms with Crippen LogP contribution < -0.4 is 4.74 Å². The Hall–Kier alpha value is -2.94. The van der Waals surface area contributed by atoms with E-state index in [1.807, 2.05) is 18.2 Å². The standard InChI is InChI=1S/C22H20F4N2O3/c23-19(24)18-11-22(30,21(25)26)28(27-18)20(29)15-6-4-13(5-7-15)12-31-17-9-8-14-2-1-3-16(14)10-17/h4-10,19,21,30H,1-3,11-12H2. The highest BCUT2D eigenvalue weighted by molar-refractivity contribution is 5.99. The second kappa shape index (κ2) is 8.30. The van der Waals surface area contributed by atoms with Gasteiger partial charge in [-0.25, -0.2) is 17.6 Å². The van der Waals surface area contributed by atoms with Crippen molar-refractivity contribution in [3.05, 3.63) is 64.7 Å². The van der Waals surface area contributed by atoms with Crippen LogP contribution in [0.2, 0.25) is 0 Å². The Morgan fingerprint density at radius 1 is 1.10 bits per heavy atom. The summed E-state index contributed by atoms with van der Waals surface area (Å²) >= 11 is 0. The molecule has 0 saturated heterocycles. The van der Waals surface area contributed by atoms with Crippen LogP contribution in [0.5, 0.6) is 5.75 Å². The van der Waals surface area contributed by atoms with Crippen LogP contribution >= 0.6 is 0 Å². The van der Waals surface area contributed by atoms with E-state index in [1.54, 1.807) is 12.1 Å². The Morgan fingerprint density at radius 2 is 1.81 bits per heavy atom. The third-order valence-electron chi connectivity index (χ3n) is 5.51. The zero-order valence-electron chi connectivity index (χ0n) is 16.4. The van der Waals surface area contributed by atoms with Gasteiger partial charge in [0, 0.05) is 12.0 Å². The van der Waals surface area contributed by atoms with Crippen molar-refractivity contribution in [1.82, 2.24) is 5.01 Å². The lowest BCUT2D eigenvalue weighted by molar-refractivity contribution is -0.164. The third kappa shape index (κ3) is 4.14. The fourth-order valence-corrected chi connectivity index (χ4v) is 3.77. The molecule has 0 saturated carbocycles. The molecule has 0 aromatic heterocycles. The van der Waals surface area contributed by atoms with E-state index in [-0.39, 0.29) is 17.2 Å². The first-order valence-corrected chi connectivity index (χ1v) is 9.82. The topological polar surface area (TPSA) is 62.1 Å². The minimum absolute atomic E-state index is 0.0508. The van der Waals surface area contributed by atoms with Gasteiger partial charge in [-0.3, -0.25) is 4.79 Å². The number of rotatable bonds is 6. The maximum absolute atomic E-state index is 13.3. The molecular formula is C22H20F4N2O3. The molecule has 2 aromatic rings. The Labute approximate surface area is 175 Å². The van der Waals surface area contributed by atoms with Gasteiger partial charge in [0.15, 0.2) is 0 Å². The second-order valence-electron chi connectivity index (χ2n) is 7.63. The molecule has 1 aliphatic heterocycles. The first kappa shape index (κ1) is 21.3. The zero-order chi connectivity index (χ0) is 22.2. The van der Waals surface area contributed by atoms with Crippen LogP contribution in [-0.4, -0.2) is 40.3 Å². The van der Waals surface area contributed by atoms with Crippen molar-refractivity contribution in [3.63, 3.8) is 0 Å². The van der Waals surface area contributed by atoms with E-state index >= 15 is 0 Å². The minimum atomic E-state index is -3.46. The summed E-state index contributed by atoms with van der Waals surface area (Å²) in [5.41, 5.74) is -0.801. The number of hydrogen-bond donors (Lipinski definition) is 1. The summed E-state index contributed by atoms with van der Waals surface area (Å²) < 4.78 is 58.2. The Bertz CT molecular complexity index is 1010. The van der Waals surface area contributed by atoms with Crippen molar-refractivity contribution in [2.45, 2.75) is 50.9 Å². The number of ether oxygens (including phenoxy) is 1. The number of nitrogens with zero attached hydrogens (tertiary/aromatic N) is 2. The minimum Gasteiger partial charge on any atom is -0.489 e. The number of hydrazone groups is 1.